The van der Waals surface area contributed by atoms with Crippen LogP contribution in [0.25, 0.3) is 16.7 Å². The molecule has 3 aromatic rings. The highest BCUT2D eigenvalue weighted by Crippen LogP contribution is 2.41. The van der Waals surface area contributed by atoms with Crippen molar-refractivity contribution in [3.05, 3.63) is 48.0 Å². The van der Waals surface area contributed by atoms with E-state index in [4.69, 9.17) is 9.84 Å². The van der Waals surface area contributed by atoms with Gasteiger partial charge in [-0.25, -0.2) is 19.4 Å². The van der Waals surface area contributed by atoms with Crippen molar-refractivity contribution in [2.45, 2.75) is 38.9 Å². The zero-order valence-corrected chi connectivity index (χ0v) is 15.7. The van der Waals surface area contributed by atoms with Gasteiger partial charge in [0.1, 0.15) is 11.8 Å². The summed E-state index contributed by atoms with van der Waals surface area (Å²) in [7, 11) is 0. The lowest BCUT2D eigenvalue weighted by Crippen LogP contribution is -2.38. The first-order chi connectivity index (χ1) is 13.3. The van der Waals surface area contributed by atoms with Gasteiger partial charge in [0.2, 0.25) is 0 Å². The fourth-order valence-electron chi connectivity index (χ4n) is 3.56. The Labute approximate surface area is 161 Å². The van der Waals surface area contributed by atoms with E-state index in [9.17, 15) is 9.90 Å². The van der Waals surface area contributed by atoms with Crippen LogP contribution < -0.4 is 0 Å². The summed E-state index contributed by atoms with van der Waals surface area (Å²) < 4.78 is 7.37. The van der Waals surface area contributed by atoms with Crippen LogP contribution in [0.3, 0.4) is 0 Å². The predicted octanol–water partition coefficient (Wildman–Crippen LogP) is 2.75. The second-order valence-electron chi connectivity index (χ2n) is 7.99. The summed E-state index contributed by atoms with van der Waals surface area (Å²) in [5.41, 5.74) is 2.18. The lowest BCUT2D eigenvalue weighted by atomic mass is 9.70. The number of aliphatic hydroxyl groups excluding tert-OH is 1. The molecule has 0 spiro atoms. The van der Waals surface area contributed by atoms with Crippen LogP contribution in [-0.4, -0.2) is 48.6 Å². The van der Waals surface area contributed by atoms with Crippen molar-refractivity contribution in [2.24, 2.45) is 5.41 Å². The van der Waals surface area contributed by atoms with Gasteiger partial charge in [-0.3, -0.25) is 0 Å². The van der Waals surface area contributed by atoms with Gasteiger partial charge < -0.3 is 14.9 Å². The summed E-state index contributed by atoms with van der Waals surface area (Å²) in [6, 6.07) is 4.88. The summed E-state index contributed by atoms with van der Waals surface area (Å²) in [5, 5.41) is 24.5. The normalized spacial score (nSPS) is 17.4. The molecule has 28 heavy (non-hydrogen) atoms. The Morgan fingerprint density at radius 2 is 2.07 bits per heavy atom. The van der Waals surface area contributed by atoms with Crippen LogP contribution in [0.15, 0.2) is 36.8 Å². The van der Waals surface area contributed by atoms with Gasteiger partial charge in [-0.05, 0) is 36.5 Å². The summed E-state index contributed by atoms with van der Waals surface area (Å²) >= 11 is 0. The van der Waals surface area contributed by atoms with Crippen LogP contribution in [0, 0.1) is 5.41 Å². The predicted molar refractivity (Wildman–Crippen MR) is 101 cm³/mol. The fourth-order valence-corrected chi connectivity index (χ4v) is 3.56. The number of hydrogen-bond acceptors (Lipinski definition) is 6. The quantitative estimate of drug-likeness (QED) is 0.674. The molecule has 0 aliphatic heterocycles. The molecule has 0 unspecified atom stereocenters. The van der Waals surface area contributed by atoms with E-state index < -0.39 is 12.1 Å². The number of fused-ring (bicyclic) bond motifs is 1. The van der Waals surface area contributed by atoms with Crippen molar-refractivity contribution in [1.29, 1.82) is 0 Å². The molecule has 0 radical (unpaired) electrons. The molecule has 2 N–H and O–H groups in total. The molecule has 8 heteroatoms. The number of carbonyl (C=O) groups is 1. The molecule has 0 aromatic carbocycles. The minimum Gasteiger partial charge on any atom is -0.477 e. The third kappa shape index (κ3) is 3.61. The van der Waals surface area contributed by atoms with E-state index in [-0.39, 0.29) is 18.4 Å². The summed E-state index contributed by atoms with van der Waals surface area (Å²) in [6.07, 6.45) is 6.19. The van der Waals surface area contributed by atoms with Crippen LogP contribution in [-0.2, 0) is 4.74 Å². The summed E-state index contributed by atoms with van der Waals surface area (Å²) in [4.78, 5) is 19.3. The van der Waals surface area contributed by atoms with Crippen molar-refractivity contribution in [3.8, 4) is 5.69 Å². The standard InChI is InChI=1S/C20H22N4O4/c1-20(2)6-15(7-20)28-11-17(25)12-5-13-9-23-24(18(13)22-8-12)14-3-4-16(19(26)27)21-10-14/h3-5,8-10,15,17,25H,6-7,11H2,1-2H3,(H,26,27)/t17-/m1/s1. The fraction of sp³-hybridized carbons (Fsp3) is 0.400. The molecular formula is C20H22N4O4. The molecule has 1 fully saturated rings. The maximum atomic E-state index is 10.9. The van der Waals surface area contributed by atoms with Crippen LogP contribution in [0.2, 0.25) is 0 Å². The molecule has 4 rings (SSSR count). The first kappa shape index (κ1) is 18.5. The van der Waals surface area contributed by atoms with E-state index >= 15 is 0 Å². The largest absolute Gasteiger partial charge is 0.477 e. The first-order valence-electron chi connectivity index (χ1n) is 9.15. The number of rotatable bonds is 6. The lowest BCUT2D eigenvalue weighted by molar-refractivity contribution is -0.0908. The van der Waals surface area contributed by atoms with Crippen LogP contribution in [0.4, 0.5) is 0 Å². The third-order valence-electron chi connectivity index (χ3n) is 5.08. The van der Waals surface area contributed by atoms with Gasteiger partial charge in [-0.1, -0.05) is 13.8 Å². The molecule has 1 aliphatic carbocycles. The van der Waals surface area contributed by atoms with E-state index in [1.54, 1.807) is 23.1 Å². The number of aromatic nitrogens is 4. The van der Waals surface area contributed by atoms with Crippen molar-refractivity contribution < 1.29 is 19.7 Å². The molecule has 0 amide bonds. The Hall–Kier alpha value is -2.84. The van der Waals surface area contributed by atoms with Gasteiger partial charge in [-0.2, -0.15) is 5.10 Å². The zero-order chi connectivity index (χ0) is 19.9. The molecule has 1 aliphatic rings. The van der Waals surface area contributed by atoms with Gasteiger partial charge in [-0.15, -0.1) is 0 Å². The highest BCUT2D eigenvalue weighted by atomic mass is 16.5. The van der Waals surface area contributed by atoms with Gasteiger partial charge in [0.25, 0.3) is 0 Å². The monoisotopic (exact) mass is 382 g/mol. The second-order valence-corrected chi connectivity index (χ2v) is 7.99. The lowest BCUT2D eigenvalue weighted by Gasteiger charge is -2.42. The van der Waals surface area contributed by atoms with E-state index in [0.717, 1.165) is 18.2 Å². The molecule has 0 saturated heterocycles. The van der Waals surface area contributed by atoms with Crippen LogP contribution in [0.1, 0.15) is 48.8 Å². The number of carboxylic acid groups (broad SMARTS) is 1. The van der Waals surface area contributed by atoms with Crippen molar-refractivity contribution >= 4 is 17.0 Å². The molecule has 3 aromatic heterocycles. The van der Waals surface area contributed by atoms with E-state index in [0.29, 0.717) is 22.3 Å². The number of aromatic carboxylic acids is 1. The molecular weight excluding hydrogens is 360 g/mol. The van der Waals surface area contributed by atoms with Crippen molar-refractivity contribution in [1.82, 2.24) is 19.7 Å². The number of pyridine rings is 2. The van der Waals surface area contributed by atoms with E-state index in [1.165, 1.54) is 12.3 Å². The second kappa shape index (κ2) is 6.96. The molecule has 8 nitrogen and oxygen atoms in total. The van der Waals surface area contributed by atoms with E-state index in [1.807, 2.05) is 6.07 Å². The van der Waals surface area contributed by atoms with E-state index in [2.05, 4.69) is 28.9 Å². The summed E-state index contributed by atoms with van der Waals surface area (Å²) in [5.74, 6) is -1.08. The number of hydrogen-bond donors (Lipinski definition) is 2. The van der Waals surface area contributed by atoms with Gasteiger partial charge in [0.15, 0.2) is 5.65 Å². The average Bonchev–Trinajstić information content (AvgIpc) is 3.07. The molecule has 1 saturated carbocycles. The molecule has 0 bridgehead atoms. The molecule has 146 valence electrons. The Morgan fingerprint density at radius 1 is 1.29 bits per heavy atom. The minimum atomic E-state index is -1.08. The number of carboxylic acids is 1. The Morgan fingerprint density at radius 3 is 2.71 bits per heavy atom. The summed E-state index contributed by atoms with van der Waals surface area (Å²) in [6.45, 7) is 4.66. The average molecular weight is 382 g/mol. The molecule has 3 heterocycles. The van der Waals surface area contributed by atoms with Crippen molar-refractivity contribution in [3.63, 3.8) is 0 Å². The smallest absolute Gasteiger partial charge is 0.354 e. The SMILES string of the molecule is CC1(C)CC(OC[C@@H](O)c2cnc3c(cnn3-c3ccc(C(=O)O)nc3)c2)C1. The number of ether oxygens (including phenoxy) is 1. The number of nitrogens with zero attached hydrogens (tertiary/aromatic N) is 4. The van der Waals surface area contributed by atoms with Gasteiger partial charge in [0.05, 0.1) is 30.8 Å². The minimum absolute atomic E-state index is 0.0339. The van der Waals surface area contributed by atoms with Gasteiger partial charge >= 0.3 is 5.97 Å². The third-order valence-corrected chi connectivity index (χ3v) is 5.08. The Kier molecular flexibility index (Phi) is 4.60. The van der Waals surface area contributed by atoms with Gasteiger partial charge in [0, 0.05) is 17.1 Å². The Balaban J connectivity index is 1.48. The van der Waals surface area contributed by atoms with Crippen LogP contribution >= 0.6 is 0 Å². The molecule has 1 atom stereocenters. The maximum Gasteiger partial charge on any atom is 0.354 e. The zero-order valence-electron chi connectivity index (χ0n) is 15.7. The number of aliphatic hydroxyl groups is 1. The Bertz CT molecular complexity index is 1000. The topological polar surface area (TPSA) is 110 Å². The highest BCUT2D eigenvalue weighted by Gasteiger charge is 2.36. The van der Waals surface area contributed by atoms with Crippen molar-refractivity contribution in [2.75, 3.05) is 6.61 Å². The van der Waals surface area contributed by atoms with Crippen LogP contribution in [0.5, 0.6) is 0 Å². The maximum absolute atomic E-state index is 10.9. The first-order valence-corrected chi connectivity index (χ1v) is 9.15. The highest BCUT2D eigenvalue weighted by molar-refractivity contribution is 5.85.